The molecule has 0 bridgehead atoms. The van der Waals surface area contributed by atoms with Crippen LogP contribution in [0.15, 0.2) is 24.3 Å². The molecule has 3 N–H and O–H groups in total. The van der Waals surface area contributed by atoms with Gasteiger partial charge in [0.25, 0.3) is 0 Å². The summed E-state index contributed by atoms with van der Waals surface area (Å²) in [5.74, 6) is 6.87. The molecule has 0 aromatic heterocycles. The first-order valence-electron chi connectivity index (χ1n) is 8.07. The zero-order valence-corrected chi connectivity index (χ0v) is 13.6. The van der Waals surface area contributed by atoms with E-state index < -0.39 is 0 Å². The Morgan fingerprint density at radius 3 is 2.19 bits per heavy atom. The van der Waals surface area contributed by atoms with Crippen molar-refractivity contribution in [3.63, 3.8) is 0 Å². The molecule has 0 spiro atoms. The molecule has 0 heterocycles. The zero-order chi connectivity index (χ0) is 15.3. The third kappa shape index (κ3) is 3.07. The Morgan fingerprint density at radius 2 is 1.76 bits per heavy atom. The molecule has 4 nitrogen and oxygen atoms in total. The minimum absolute atomic E-state index is 0.132. The highest BCUT2D eigenvalue weighted by molar-refractivity contribution is 5.31. The lowest BCUT2D eigenvalue weighted by atomic mass is 9.82. The SMILES string of the molecule is CCN(CC)C1(C(NN)c2ccc(OC)cc2)CCCC1. The Kier molecular flexibility index (Phi) is 5.62. The van der Waals surface area contributed by atoms with Crippen LogP contribution in [-0.4, -0.2) is 30.6 Å². The van der Waals surface area contributed by atoms with Crippen LogP contribution in [-0.2, 0) is 0 Å². The summed E-state index contributed by atoms with van der Waals surface area (Å²) in [6, 6.07) is 8.46. The van der Waals surface area contributed by atoms with E-state index in [1.165, 1.54) is 31.2 Å². The lowest BCUT2D eigenvalue weighted by Crippen LogP contribution is -2.56. The highest BCUT2D eigenvalue weighted by atomic mass is 16.5. The maximum absolute atomic E-state index is 5.98. The van der Waals surface area contributed by atoms with E-state index in [0.29, 0.717) is 0 Å². The van der Waals surface area contributed by atoms with Crippen molar-refractivity contribution in [2.75, 3.05) is 20.2 Å². The van der Waals surface area contributed by atoms with Gasteiger partial charge >= 0.3 is 0 Å². The Hall–Kier alpha value is -1.10. The molecular weight excluding hydrogens is 262 g/mol. The smallest absolute Gasteiger partial charge is 0.118 e. The van der Waals surface area contributed by atoms with Crippen LogP contribution in [0, 0.1) is 0 Å². The summed E-state index contributed by atoms with van der Waals surface area (Å²) in [4.78, 5) is 2.58. The second kappa shape index (κ2) is 7.25. The number of nitrogens with one attached hydrogen (secondary N) is 1. The first-order chi connectivity index (χ1) is 10.2. The van der Waals surface area contributed by atoms with E-state index >= 15 is 0 Å². The first-order valence-corrected chi connectivity index (χ1v) is 8.07. The summed E-state index contributed by atoms with van der Waals surface area (Å²) >= 11 is 0. The van der Waals surface area contributed by atoms with E-state index in [1.807, 2.05) is 12.1 Å². The molecular formula is C17H29N3O. The molecule has 21 heavy (non-hydrogen) atoms. The molecule has 0 radical (unpaired) electrons. The second-order valence-electron chi connectivity index (χ2n) is 5.86. The molecule has 118 valence electrons. The maximum Gasteiger partial charge on any atom is 0.118 e. The summed E-state index contributed by atoms with van der Waals surface area (Å²) in [5, 5.41) is 0. The molecule has 1 unspecified atom stereocenters. The number of hydrogen-bond donors (Lipinski definition) is 2. The van der Waals surface area contributed by atoms with E-state index in [2.05, 4.69) is 36.3 Å². The number of rotatable bonds is 7. The molecule has 1 aromatic rings. The lowest BCUT2D eigenvalue weighted by molar-refractivity contribution is 0.0626. The molecule has 2 rings (SSSR count). The van der Waals surface area contributed by atoms with Gasteiger partial charge in [0.1, 0.15) is 5.75 Å². The van der Waals surface area contributed by atoms with Crippen LogP contribution in [0.5, 0.6) is 5.75 Å². The largest absolute Gasteiger partial charge is 0.497 e. The Bertz CT molecular complexity index is 422. The summed E-state index contributed by atoms with van der Waals surface area (Å²) in [6.07, 6.45) is 4.97. The average Bonchev–Trinajstić information content (AvgIpc) is 3.00. The summed E-state index contributed by atoms with van der Waals surface area (Å²) in [5.41, 5.74) is 4.48. The topological polar surface area (TPSA) is 50.5 Å². The number of nitrogens with two attached hydrogens (primary N) is 1. The van der Waals surface area contributed by atoms with E-state index in [4.69, 9.17) is 10.6 Å². The Balaban J connectivity index is 2.35. The molecule has 1 atom stereocenters. The minimum atomic E-state index is 0.132. The third-order valence-corrected chi connectivity index (χ3v) is 5.02. The van der Waals surface area contributed by atoms with E-state index in [1.54, 1.807) is 7.11 Å². The van der Waals surface area contributed by atoms with Gasteiger partial charge in [-0.3, -0.25) is 16.2 Å². The van der Waals surface area contributed by atoms with Crippen LogP contribution in [0.2, 0.25) is 0 Å². The van der Waals surface area contributed by atoms with Gasteiger partial charge in [-0.05, 0) is 43.6 Å². The molecule has 0 aliphatic heterocycles. The summed E-state index contributed by atoms with van der Waals surface area (Å²) in [7, 11) is 1.70. The van der Waals surface area contributed by atoms with Crippen molar-refractivity contribution in [2.24, 2.45) is 5.84 Å². The third-order valence-electron chi connectivity index (χ3n) is 5.02. The fraction of sp³-hybridized carbons (Fsp3) is 0.647. The molecule has 1 fully saturated rings. The van der Waals surface area contributed by atoms with Crippen molar-refractivity contribution in [1.82, 2.24) is 10.3 Å². The van der Waals surface area contributed by atoms with Gasteiger partial charge in [-0.1, -0.05) is 38.8 Å². The molecule has 0 amide bonds. The maximum atomic E-state index is 5.98. The lowest BCUT2D eigenvalue weighted by Gasteiger charge is -2.46. The van der Waals surface area contributed by atoms with Gasteiger partial charge in [-0.25, -0.2) is 0 Å². The van der Waals surface area contributed by atoms with Crippen LogP contribution in [0.3, 0.4) is 0 Å². The molecule has 0 saturated heterocycles. The quantitative estimate of drug-likeness (QED) is 0.599. The molecule has 4 heteroatoms. The Labute approximate surface area is 128 Å². The number of ether oxygens (including phenoxy) is 1. The highest BCUT2D eigenvalue weighted by Crippen LogP contribution is 2.44. The number of benzene rings is 1. The fourth-order valence-corrected chi connectivity index (χ4v) is 3.99. The van der Waals surface area contributed by atoms with Crippen molar-refractivity contribution >= 4 is 0 Å². The van der Waals surface area contributed by atoms with E-state index in [-0.39, 0.29) is 11.6 Å². The first kappa shape index (κ1) is 16.3. The fourth-order valence-electron chi connectivity index (χ4n) is 3.99. The van der Waals surface area contributed by atoms with E-state index in [0.717, 1.165) is 18.8 Å². The summed E-state index contributed by atoms with van der Waals surface area (Å²) in [6.45, 7) is 6.60. The van der Waals surface area contributed by atoms with Crippen molar-refractivity contribution < 1.29 is 4.74 Å². The number of hydrazine groups is 1. The van der Waals surface area contributed by atoms with Crippen LogP contribution in [0.4, 0.5) is 0 Å². The number of likely N-dealkylation sites (N-methyl/N-ethyl adjacent to an activating group) is 1. The van der Waals surface area contributed by atoms with Crippen molar-refractivity contribution in [2.45, 2.75) is 51.1 Å². The van der Waals surface area contributed by atoms with Gasteiger partial charge in [-0.2, -0.15) is 0 Å². The molecule has 1 aliphatic carbocycles. The zero-order valence-electron chi connectivity index (χ0n) is 13.6. The Morgan fingerprint density at radius 1 is 1.19 bits per heavy atom. The number of nitrogens with zero attached hydrogens (tertiary/aromatic N) is 1. The standard InChI is InChI=1S/C17H29N3O/c1-4-20(5-2)17(12-6-7-13-17)16(19-18)14-8-10-15(21-3)11-9-14/h8-11,16,19H,4-7,12-13,18H2,1-3H3. The van der Waals surface area contributed by atoms with Crippen LogP contribution >= 0.6 is 0 Å². The van der Waals surface area contributed by atoms with E-state index in [9.17, 15) is 0 Å². The van der Waals surface area contributed by atoms with Gasteiger partial charge in [-0.15, -0.1) is 0 Å². The van der Waals surface area contributed by atoms with Crippen LogP contribution < -0.4 is 16.0 Å². The minimum Gasteiger partial charge on any atom is -0.497 e. The van der Waals surface area contributed by atoms with Crippen molar-refractivity contribution in [3.05, 3.63) is 29.8 Å². The number of methoxy groups -OCH3 is 1. The van der Waals surface area contributed by atoms with Gasteiger partial charge in [0, 0.05) is 5.54 Å². The molecule has 1 aromatic carbocycles. The van der Waals surface area contributed by atoms with Crippen molar-refractivity contribution in [1.29, 1.82) is 0 Å². The monoisotopic (exact) mass is 291 g/mol. The normalized spacial score (nSPS) is 18.9. The average molecular weight is 291 g/mol. The van der Waals surface area contributed by atoms with Crippen LogP contribution in [0.1, 0.15) is 51.1 Å². The second-order valence-corrected chi connectivity index (χ2v) is 5.86. The van der Waals surface area contributed by atoms with Crippen LogP contribution in [0.25, 0.3) is 0 Å². The molecule has 1 saturated carbocycles. The predicted molar refractivity (Wildman–Crippen MR) is 87.2 cm³/mol. The van der Waals surface area contributed by atoms with Gasteiger partial charge < -0.3 is 4.74 Å². The number of hydrogen-bond acceptors (Lipinski definition) is 4. The highest BCUT2D eigenvalue weighted by Gasteiger charge is 2.45. The summed E-state index contributed by atoms with van der Waals surface area (Å²) < 4.78 is 5.26. The predicted octanol–water partition coefficient (Wildman–Crippen LogP) is 2.85. The van der Waals surface area contributed by atoms with Gasteiger partial charge in [0.15, 0.2) is 0 Å². The van der Waals surface area contributed by atoms with Gasteiger partial charge in [0.2, 0.25) is 0 Å². The van der Waals surface area contributed by atoms with Crippen molar-refractivity contribution in [3.8, 4) is 5.75 Å². The molecule has 1 aliphatic rings. The van der Waals surface area contributed by atoms with Gasteiger partial charge in [0.05, 0.1) is 13.2 Å².